The number of fused-ring (bicyclic) bond motifs is 2. The van der Waals surface area contributed by atoms with E-state index in [4.69, 9.17) is 6.42 Å². The highest BCUT2D eigenvalue weighted by molar-refractivity contribution is 7.92. The van der Waals surface area contributed by atoms with Crippen molar-refractivity contribution >= 4 is 9.84 Å². The predicted octanol–water partition coefficient (Wildman–Crippen LogP) is 1.76. The van der Waals surface area contributed by atoms with E-state index < -0.39 is 9.84 Å². The van der Waals surface area contributed by atoms with Crippen molar-refractivity contribution in [3.05, 3.63) is 0 Å². The van der Waals surface area contributed by atoms with Crippen LogP contribution in [0.2, 0.25) is 0 Å². The Balaban J connectivity index is 2.18. The van der Waals surface area contributed by atoms with E-state index in [1.54, 1.807) is 0 Å². The van der Waals surface area contributed by atoms with Crippen LogP contribution in [0.5, 0.6) is 0 Å². The van der Waals surface area contributed by atoms with Gasteiger partial charge in [-0.1, -0.05) is 6.42 Å². The largest absolute Gasteiger partial charge is 0.228 e. The van der Waals surface area contributed by atoms with Gasteiger partial charge in [0.05, 0.1) is 10.5 Å². The third-order valence-corrected chi connectivity index (χ3v) is 6.30. The fraction of sp³-hybridized carbons (Fsp3) is 0.818. The van der Waals surface area contributed by atoms with Crippen LogP contribution in [0.15, 0.2) is 0 Å². The lowest BCUT2D eigenvalue weighted by Gasteiger charge is -2.38. The summed E-state index contributed by atoms with van der Waals surface area (Å²) in [7, 11) is -2.79. The van der Waals surface area contributed by atoms with Crippen LogP contribution in [0.1, 0.15) is 38.5 Å². The number of terminal acetylenes is 1. The maximum atomic E-state index is 11.9. The molecule has 2 aliphatic rings. The molecule has 2 heterocycles. The van der Waals surface area contributed by atoms with Gasteiger partial charge in [-0.15, -0.1) is 12.3 Å². The summed E-state index contributed by atoms with van der Waals surface area (Å²) < 4.78 is 23.8. The first-order chi connectivity index (χ1) is 6.64. The summed E-state index contributed by atoms with van der Waals surface area (Å²) in [6.07, 6.45) is 10.5. The molecule has 2 saturated heterocycles. The second-order valence-electron chi connectivity index (χ2n) is 4.51. The lowest BCUT2D eigenvalue weighted by molar-refractivity contribution is 0.346. The fourth-order valence-electron chi connectivity index (χ4n) is 2.85. The molecule has 0 saturated carbocycles. The highest BCUT2D eigenvalue weighted by Gasteiger charge is 2.43. The summed E-state index contributed by atoms with van der Waals surface area (Å²) in [5, 5.41) is -0.151. The Morgan fingerprint density at radius 2 is 1.79 bits per heavy atom. The van der Waals surface area contributed by atoms with Crippen LogP contribution in [-0.2, 0) is 9.84 Å². The van der Waals surface area contributed by atoms with Crippen molar-refractivity contribution in [2.45, 2.75) is 49.0 Å². The molecule has 2 rings (SSSR count). The van der Waals surface area contributed by atoms with Gasteiger partial charge in [-0.05, 0) is 31.6 Å². The maximum Gasteiger partial charge on any atom is 0.156 e. The summed E-state index contributed by atoms with van der Waals surface area (Å²) in [5.74, 6) is 3.12. The van der Waals surface area contributed by atoms with E-state index in [1.165, 1.54) is 0 Å². The molecule has 0 amide bonds. The Labute approximate surface area is 86.0 Å². The first kappa shape index (κ1) is 10.0. The Morgan fingerprint density at radius 1 is 1.21 bits per heavy atom. The number of hydrogen-bond acceptors (Lipinski definition) is 2. The molecule has 0 aromatic heterocycles. The van der Waals surface area contributed by atoms with E-state index >= 15 is 0 Å². The normalized spacial score (nSPS) is 40.1. The number of hydrogen-bond donors (Lipinski definition) is 0. The van der Waals surface area contributed by atoms with Gasteiger partial charge in [0.2, 0.25) is 0 Å². The molecule has 78 valence electrons. The van der Waals surface area contributed by atoms with Crippen molar-refractivity contribution < 1.29 is 8.42 Å². The van der Waals surface area contributed by atoms with Gasteiger partial charge in [0, 0.05) is 6.42 Å². The maximum absolute atomic E-state index is 11.9. The van der Waals surface area contributed by atoms with Gasteiger partial charge < -0.3 is 0 Å². The molecule has 14 heavy (non-hydrogen) atoms. The van der Waals surface area contributed by atoms with Crippen molar-refractivity contribution in [3.63, 3.8) is 0 Å². The molecule has 2 unspecified atom stereocenters. The van der Waals surface area contributed by atoms with Gasteiger partial charge in [0.1, 0.15) is 0 Å². The van der Waals surface area contributed by atoms with Crippen molar-refractivity contribution in [2.24, 2.45) is 5.92 Å². The Bertz CT molecular complexity index is 330. The average Bonchev–Trinajstić information content (AvgIpc) is 2.06. The monoisotopic (exact) mass is 212 g/mol. The molecule has 3 heteroatoms. The molecule has 0 N–H and O–H groups in total. The Hall–Kier alpha value is -0.490. The quantitative estimate of drug-likeness (QED) is 0.621. The van der Waals surface area contributed by atoms with Gasteiger partial charge in [-0.2, -0.15) is 0 Å². The smallest absolute Gasteiger partial charge is 0.156 e. The molecule has 2 nitrogen and oxygen atoms in total. The van der Waals surface area contributed by atoms with Gasteiger partial charge >= 0.3 is 0 Å². The lowest BCUT2D eigenvalue weighted by atomic mass is 9.88. The summed E-state index contributed by atoms with van der Waals surface area (Å²) in [5.41, 5.74) is 0. The van der Waals surface area contributed by atoms with Crippen molar-refractivity contribution in [1.29, 1.82) is 0 Å². The highest BCUT2D eigenvalue weighted by Crippen LogP contribution is 2.40. The first-order valence-corrected chi connectivity index (χ1v) is 6.91. The number of sulfone groups is 1. The summed E-state index contributed by atoms with van der Waals surface area (Å²) >= 11 is 0. The zero-order valence-electron chi connectivity index (χ0n) is 8.28. The molecule has 0 radical (unpaired) electrons. The summed E-state index contributed by atoms with van der Waals surface area (Å²) in [4.78, 5) is 0. The van der Waals surface area contributed by atoms with Crippen LogP contribution >= 0.6 is 0 Å². The van der Waals surface area contributed by atoms with E-state index in [2.05, 4.69) is 5.92 Å². The Morgan fingerprint density at radius 3 is 2.29 bits per heavy atom. The van der Waals surface area contributed by atoms with Crippen LogP contribution in [-0.4, -0.2) is 18.9 Å². The van der Waals surface area contributed by atoms with Crippen LogP contribution < -0.4 is 0 Å². The topological polar surface area (TPSA) is 34.1 Å². The molecular formula is C11H16O2S. The zero-order chi connectivity index (χ0) is 10.2. The minimum atomic E-state index is -2.79. The molecule has 0 aromatic carbocycles. The first-order valence-electron chi connectivity index (χ1n) is 5.30. The van der Waals surface area contributed by atoms with Crippen molar-refractivity contribution in [1.82, 2.24) is 0 Å². The average molecular weight is 212 g/mol. The van der Waals surface area contributed by atoms with Crippen molar-refractivity contribution in [2.75, 3.05) is 0 Å². The fourth-order valence-corrected chi connectivity index (χ4v) is 5.47. The molecule has 2 bridgehead atoms. The van der Waals surface area contributed by atoms with Crippen LogP contribution in [0.25, 0.3) is 0 Å². The SMILES string of the molecule is C#CCC1CC2CCCC(C1)S2(=O)=O. The van der Waals surface area contributed by atoms with E-state index in [-0.39, 0.29) is 10.5 Å². The minimum Gasteiger partial charge on any atom is -0.228 e. The minimum absolute atomic E-state index is 0.0756. The Kier molecular flexibility index (Phi) is 2.57. The van der Waals surface area contributed by atoms with Crippen molar-refractivity contribution in [3.8, 4) is 12.3 Å². The van der Waals surface area contributed by atoms with Crippen LogP contribution in [0.4, 0.5) is 0 Å². The lowest BCUT2D eigenvalue weighted by Crippen LogP contribution is -2.43. The van der Waals surface area contributed by atoms with Gasteiger partial charge in [0.15, 0.2) is 9.84 Å². The number of rotatable bonds is 1. The summed E-state index contributed by atoms with van der Waals surface area (Å²) in [6, 6.07) is 0. The van der Waals surface area contributed by atoms with E-state index in [9.17, 15) is 8.42 Å². The van der Waals surface area contributed by atoms with E-state index in [0.29, 0.717) is 5.92 Å². The molecule has 2 fully saturated rings. The van der Waals surface area contributed by atoms with Gasteiger partial charge in [-0.3, -0.25) is 0 Å². The van der Waals surface area contributed by atoms with Crippen LogP contribution in [0, 0.1) is 18.3 Å². The third-order valence-electron chi connectivity index (χ3n) is 3.58. The molecule has 0 spiro atoms. The second kappa shape index (κ2) is 3.58. The molecule has 0 aliphatic carbocycles. The van der Waals surface area contributed by atoms with E-state index in [0.717, 1.165) is 38.5 Å². The molecule has 2 aliphatic heterocycles. The highest BCUT2D eigenvalue weighted by atomic mass is 32.2. The standard InChI is InChI=1S/C11H16O2S/c1-2-4-9-7-10-5-3-6-11(8-9)14(10,12)13/h1,9-11H,3-8H2. The van der Waals surface area contributed by atoms with Crippen LogP contribution in [0.3, 0.4) is 0 Å². The van der Waals surface area contributed by atoms with Gasteiger partial charge in [-0.25, -0.2) is 8.42 Å². The summed E-state index contributed by atoms with van der Waals surface area (Å²) in [6.45, 7) is 0. The molecule has 2 atom stereocenters. The van der Waals surface area contributed by atoms with E-state index in [1.807, 2.05) is 0 Å². The molecular weight excluding hydrogens is 196 g/mol. The zero-order valence-corrected chi connectivity index (χ0v) is 9.09. The van der Waals surface area contributed by atoms with Gasteiger partial charge in [0.25, 0.3) is 0 Å². The predicted molar refractivity (Wildman–Crippen MR) is 56.5 cm³/mol. The molecule has 0 aromatic rings. The third kappa shape index (κ3) is 1.56. The second-order valence-corrected chi connectivity index (χ2v) is 7.02.